The van der Waals surface area contributed by atoms with Crippen LogP contribution >= 0.6 is 0 Å². The largest absolute Gasteiger partial charge is 0.447 e. The van der Waals surface area contributed by atoms with Crippen LogP contribution in [-0.4, -0.2) is 24.3 Å². The molecule has 108 valence electrons. The van der Waals surface area contributed by atoms with Gasteiger partial charge < -0.3 is 15.2 Å². The molecule has 0 aliphatic carbocycles. The summed E-state index contributed by atoms with van der Waals surface area (Å²) in [4.78, 5) is 14.9. The number of carbonyl (C=O) groups is 1. The Hall–Kier alpha value is -2.40. The minimum Gasteiger partial charge on any atom is -0.447 e. The SMILES string of the molecule is NC(=O)OCC1OCCc2c(-c3cccnc3)cccc21. The summed E-state index contributed by atoms with van der Waals surface area (Å²) in [5.74, 6) is 0. The predicted octanol–water partition coefficient (Wildman–Crippen LogP) is 2.46. The van der Waals surface area contributed by atoms with E-state index < -0.39 is 6.09 Å². The molecule has 5 nitrogen and oxygen atoms in total. The van der Waals surface area contributed by atoms with Crippen LogP contribution in [0.25, 0.3) is 11.1 Å². The van der Waals surface area contributed by atoms with E-state index in [4.69, 9.17) is 15.2 Å². The van der Waals surface area contributed by atoms with Gasteiger partial charge in [-0.15, -0.1) is 0 Å². The maximum absolute atomic E-state index is 10.8. The molecule has 3 rings (SSSR count). The van der Waals surface area contributed by atoms with Gasteiger partial charge in [-0.25, -0.2) is 4.79 Å². The van der Waals surface area contributed by atoms with Gasteiger partial charge >= 0.3 is 6.09 Å². The number of carbonyl (C=O) groups excluding carboxylic acids is 1. The van der Waals surface area contributed by atoms with Crippen molar-refractivity contribution in [3.8, 4) is 11.1 Å². The first-order valence-corrected chi connectivity index (χ1v) is 6.81. The Bertz CT molecular complexity index is 643. The molecular formula is C16H16N2O3. The number of ether oxygens (including phenoxy) is 2. The van der Waals surface area contributed by atoms with Crippen LogP contribution in [0.15, 0.2) is 42.7 Å². The van der Waals surface area contributed by atoms with Gasteiger partial charge in [0.25, 0.3) is 0 Å². The number of benzene rings is 1. The van der Waals surface area contributed by atoms with Gasteiger partial charge in [-0.1, -0.05) is 24.3 Å². The first kappa shape index (κ1) is 13.6. The van der Waals surface area contributed by atoms with Gasteiger partial charge in [0.05, 0.1) is 6.61 Å². The number of hydrogen-bond donors (Lipinski definition) is 1. The Morgan fingerprint density at radius 3 is 3.05 bits per heavy atom. The first-order valence-electron chi connectivity index (χ1n) is 6.81. The van der Waals surface area contributed by atoms with Gasteiger partial charge in [-0.05, 0) is 29.2 Å². The molecule has 0 spiro atoms. The monoisotopic (exact) mass is 284 g/mol. The van der Waals surface area contributed by atoms with Crippen molar-refractivity contribution in [1.82, 2.24) is 4.98 Å². The first-order chi connectivity index (χ1) is 10.3. The smallest absolute Gasteiger partial charge is 0.404 e. The molecule has 1 amide bonds. The van der Waals surface area contributed by atoms with Crippen molar-refractivity contribution in [1.29, 1.82) is 0 Å². The highest BCUT2D eigenvalue weighted by atomic mass is 16.6. The lowest BCUT2D eigenvalue weighted by Crippen LogP contribution is -2.24. The van der Waals surface area contributed by atoms with Crippen LogP contribution in [-0.2, 0) is 15.9 Å². The molecule has 0 saturated heterocycles. The third-order valence-corrected chi connectivity index (χ3v) is 3.58. The van der Waals surface area contributed by atoms with Crippen molar-refractivity contribution < 1.29 is 14.3 Å². The Morgan fingerprint density at radius 1 is 1.38 bits per heavy atom. The third kappa shape index (κ3) is 2.87. The highest BCUT2D eigenvalue weighted by Gasteiger charge is 2.24. The van der Waals surface area contributed by atoms with Gasteiger partial charge in [0.15, 0.2) is 0 Å². The van der Waals surface area contributed by atoms with Gasteiger partial charge in [-0.3, -0.25) is 4.98 Å². The number of hydrogen-bond acceptors (Lipinski definition) is 4. The molecule has 0 saturated carbocycles. The molecule has 1 aromatic carbocycles. The lowest BCUT2D eigenvalue weighted by atomic mass is 9.90. The van der Waals surface area contributed by atoms with Crippen molar-refractivity contribution in [3.63, 3.8) is 0 Å². The van der Waals surface area contributed by atoms with Crippen molar-refractivity contribution in [2.75, 3.05) is 13.2 Å². The molecule has 0 bridgehead atoms. The van der Waals surface area contributed by atoms with E-state index >= 15 is 0 Å². The number of amides is 1. The maximum Gasteiger partial charge on any atom is 0.404 e. The van der Waals surface area contributed by atoms with Gasteiger partial charge in [0.1, 0.15) is 12.7 Å². The zero-order chi connectivity index (χ0) is 14.7. The molecule has 2 heterocycles. The predicted molar refractivity (Wildman–Crippen MR) is 77.6 cm³/mol. The number of nitrogens with zero attached hydrogens (tertiary/aromatic N) is 1. The summed E-state index contributed by atoms with van der Waals surface area (Å²) in [5, 5.41) is 0. The summed E-state index contributed by atoms with van der Waals surface area (Å²) >= 11 is 0. The van der Waals surface area contributed by atoms with Crippen LogP contribution in [0.3, 0.4) is 0 Å². The average molecular weight is 284 g/mol. The van der Waals surface area contributed by atoms with Crippen LogP contribution < -0.4 is 5.73 Å². The minimum atomic E-state index is -0.783. The summed E-state index contributed by atoms with van der Waals surface area (Å²) in [6, 6.07) is 10.0. The fraction of sp³-hybridized carbons (Fsp3) is 0.250. The maximum atomic E-state index is 10.8. The van der Waals surface area contributed by atoms with E-state index in [1.807, 2.05) is 30.5 Å². The lowest BCUT2D eigenvalue weighted by molar-refractivity contribution is -0.00208. The summed E-state index contributed by atoms with van der Waals surface area (Å²) in [5.41, 5.74) is 9.51. The lowest BCUT2D eigenvalue weighted by Gasteiger charge is -2.27. The highest BCUT2D eigenvalue weighted by Crippen LogP contribution is 2.34. The molecule has 2 aromatic rings. The van der Waals surface area contributed by atoms with Crippen molar-refractivity contribution in [2.45, 2.75) is 12.5 Å². The summed E-state index contributed by atoms with van der Waals surface area (Å²) < 4.78 is 10.6. The molecule has 2 N–H and O–H groups in total. The molecule has 0 fully saturated rings. The quantitative estimate of drug-likeness (QED) is 0.939. The molecule has 1 atom stereocenters. The molecule has 1 aliphatic rings. The topological polar surface area (TPSA) is 74.4 Å². The summed E-state index contributed by atoms with van der Waals surface area (Å²) in [6.07, 6.45) is 3.38. The standard InChI is InChI=1S/C16H16N2O3/c17-16(19)21-10-15-14-5-1-4-12(13(14)6-8-20-15)11-3-2-7-18-9-11/h1-5,7,9,15H,6,8,10H2,(H2,17,19). The highest BCUT2D eigenvalue weighted by molar-refractivity contribution is 5.68. The van der Waals surface area contributed by atoms with E-state index in [-0.39, 0.29) is 12.7 Å². The number of aromatic nitrogens is 1. The Morgan fingerprint density at radius 2 is 2.29 bits per heavy atom. The zero-order valence-electron chi connectivity index (χ0n) is 11.5. The van der Waals surface area contributed by atoms with Crippen molar-refractivity contribution in [3.05, 3.63) is 53.9 Å². The molecule has 1 aromatic heterocycles. The molecule has 21 heavy (non-hydrogen) atoms. The van der Waals surface area contributed by atoms with E-state index in [1.165, 1.54) is 5.56 Å². The second kappa shape index (κ2) is 5.93. The van der Waals surface area contributed by atoms with Gasteiger partial charge in [0.2, 0.25) is 0 Å². The summed E-state index contributed by atoms with van der Waals surface area (Å²) in [6.45, 7) is 0.732. The van der Waals surface area contributed by atoms with Gasteiger partial charge in [-0.2, -0.15) is 0 Å². The van der Waals surface area contributed by atoms with Crippen LogP contribution in [0.4, 0.5) is 4.79 Å². The van der Waals surface area contributed by atoms with E-state index in [0.717, 1.165) is 23.1 Å². The number of fused-ring (bicyclic) bond motifs is 1. The van der Waals surface area contributed by atoms with Crippen LogP contribution in [0.5, 0.6) is 0 Å². The van der Waals surface area contributed by atoms with E-state index in [9.17, 15) is 4.79 Å². The molecule has 5 heteroatoms. The number of primary amides is 1. The van der Waals surface area contributed by atoms with E-state index in [1.54, 1.807) is 6.20 Å². The Kier molecular flexibility index (Phi) is 3.83. The van der Waals surface area contributed by atoms with Crippen molar-refractivity contribution >= 4 is 6.09 Å². The van der Waals surface area contributed by atoms with Crippen LogP contribution in [0, 0.1) is 0 Å². The normalized spacial score (nSPS) is 17.0. The molecule has 1 unspecified atom stereocenters. The molecule has 1 aliphatic heterocycles. The fourth-order valence-electron chi connectivity index (χ4n) is 2.67. The summed E-state index contributed by atoms with van der Waals surface area (Å²) in [7, 11) is 0. The molecular weight excluding hydrogens is 268 g/mol. The number of pyridine rings is 1. The average Bonchev–Trinajstić information content (AvgIpc) is 2.53. The molecule has 0 radical (unpaired) electrons. The van der Waals surface area contributed by atoms with E-state index in [2.05, 4.69) is 11.1 Å². The van der Waals surface area contributed by atoms with Crippen molar-refractivity contribution in [2.24, 2.45) is 5.73 Å². The number of rotatable bonds is 3. The number of nitrogens with two attached hydrogens (primary N) is 1. The Labute approximate surface area is 122 Å². The minimum absolute atomic E-state index is 0.138. The zero-order valence-corrected chi connectivity index (χ0v) is 11.5. The second-order valence-corrected chi connectivity index (χ2v) is 4.85. The van der Waals surface area contributed by atoms with E-state index in [0.29, 0.717) is 6.61 Å². The second-order valence-electron chi connectivity index (χ2n) is 4.85. The van der Waals surface area contributed by atoms with Crippen LogP contribution in [0.2, 0.25) is 0 Å². The van der Waals surface area contributed by atoms with Crippen LogP contribution in [0.1, 0.15) is 17.2 Å². The van der Waals surface area contributed by atoms with Gasteiger partial charge in [0, 0.05) is 18.0 Å². The Balaban J connectivity index is 1.96. The fourth-order valence-corrected chi connectivity index (χ4v) is 2.67. The third-order valence-electron chi connectivity index (χ3n) is 3.58.